The Kier molecular flexibility index (Phi) is 5.95. The Labute approximate surface area is 202 Å². The molecule has 0 amide bonds. The Bertz CT molecular complexity index is 1240. The van der Waals surface area contributed by atoms with Crippen LogP contribution in [-0.4, -0.2) is 53.6 Å². The summed E-state index contributed by atoms with van der Waals surface area (Å²) in [6.07, 6.45) is 2.11. The molecule has 8 heteroatoms. The number of hydrogen-bond acceptors (Lipinski definition) is 6. The molecule has 3 aromatic rings. The molecule has 1 saturated carbocycles. The number of fused-ring (bicyclic) bond motifs is 2. The van der Waals surface area contributed by atoms with Crippen molar-refractivity contribution in [1.29, 1.82) is 0 Å². The fraction of sp³-hybridized carbons (Fsp3) is 0.462. The quantitative estimate of drug-likeness (QED) is 0.582. The van der Waals surface area contributed by atoms with Gasteiger partial charge in [-0.25, -0.2) is 9.37 Å². The van der Waals surface area contributed by atoms with Gasteiger partial charge in [0, 0.05) is 54.7 Å². The minimum Gasteiger partial charge on any atom is -0.365 e. The molecule has 3 atom stereocenters. The standard InChI is InChI=1S/C26H31FN6S/c1-17-6-9-23-22(12-17)25(29-21-13-19(27)14-28-15-21)31-26(30-23)33-10-11-34(32-20-7-8-20)24-5-3-2-4-18(24)16-33/h2-6,9,12,19-21,28H,7-8,10-11,13-16H2,1H3,(H,29,30,31)/t19-,21-,34?/m0/s1. The summed E-state index contributed by atoms with van der Waals surface area (Å²) in [7, 11) is -0.0820. The average molecular weight is 479 g/mol. The van der Waals surface area contributed by atoms with E-state index in [1.807, 2.05) is 0 Å². The Morgan fingerprint density at radius 2 is 2.03 bits per heavy atom. The summed E-state index contributed by atoms with van der Waals surface area (Å²) in [6, 6.07) is 15.5. The van der Waals surface area contributed by atoms with Crippen LogP contribution >= 0.6 is 0 Å². The lowest BCUT2D eigenvalue weighted by Crippen LogP contribution is -2.44. The number of aryl methyl sites for hydroxylation is 1. The van der Waals surface area contributed by atoms with Crippen LogP contribution in [0.4, 0.5) is 16.2 Å². The second-order valence-electron chi connectivity index (χ2n) is 9.66. The number of nitrogens with one attached hydrogen (secondary N) is 2. The predicted octanol–water partition coefficient (Wildman–Crippen LogP) is 4.39. The summed E-state index contributed by atoms with van der Waals surface area (Å²) in [5, 5.41) is 7.72. The summed E-state index contributed by atoms with van der Waals surface area (Å²) in [5.74, 6) is 2.51. The number of benzene rings is 2. The van der Waals surface area contributed by atoms with Crippen LogP contribution in [0.2, 0.25) is 0 Å². The third-order valence-corrected chi connectivity index (χ3v) is 8.75. The highest BCUT2D eigenvalue weighted by Gasteiger charge is 2.26. The maximum Gasteiger partial charge on any atom is 0.228 e. The number of nitrogens with zero attached hydrogens (tertiary/aromatic N) is 4. The molecule has 34 heavy (non-hydrogen) atoms. The van der Waals surface area contributed by atoms with Gasteiger partial charge in [0.15, 0.2) is 0 Å². The molecule has 0 radical (unpaired) electrons. The van der Waals surface area contributed by atoms with Crippen molar-refractivity contribution in [2.24, 2.45) is 4.36 Å². The van der Waals surface area contributed by atoms with Gasteiger partial charge in [-0.15, -0.1) is 0 Å². The van der Waals surface area contributed by atoms with E-state index in [0.717, 1.165) is 53.6 Å². The second-order valence-corrected chi connectivity index (χ2v) is 11.4. The lowest BCUT2D eigenvalue weighted by atomic mass is 10.1. The Balaban J connectivity index is 1.37. The normalized spacial score (nSPS) is 25.2. The van der Waals surface area contributed by atoms with Crippen molar-refractivity contribution in [3.63, 3.8) is 0 Å². The van der Waals surface area contributed by atoms with Crippen molar-refractivity contribution in [3.8, 4) is 0 Å². The van der Waals surface area contributed by atoms with Crippen LogP contribution in [0.3, 0.4) is 0 Å². The third kappa shape index (κ3) is 4.66. The highest BCUT2D eigenvalue weighted by molar-refractivity contribution is 7.87. The number of anilines is 2. The topological polar surface area (TPSA) is 65.4 Å². The van der Waals surface area contributed by atoms with Gasteiger partial charge in [-0.05, 0) is 43.5 Å². The van der Waals surface area contributed by atoms with Crippen molar-refractivity contribution >= 4 is 33.4 Å². The Morgan fingerprint density at radius 3 is 2.88 bits per heavy atom. The van der Waals surface area contributed by atoms with E-state index < -0.39 is 6.17 Å². The smallest absolute Gasteiger partial charge is 0.228 e. The molecule has 0 spiro atoms. The van der Waals surface area contributed by atoms with Crippen LogP contribution in [0.15, 0.2) is 51.7 Å². The van der Waals surface area contributed by atoms with Crippen molar-refractivity contribution in [3.05, 3.63) is 53.6 Å². The minimum absolute atomic E-state index is 0.00303. The van der Waals surface area contributed by atoms with Gasteiger partial charge in [0.05, 0.1) is 11.6 Å². The zero-order valence-electron chi connectivity index (χ0n) is 19.5. The van der Waals surface area contributed by atoms with Gasteiger partial charge in [0.2, 0.25) is 5.95 Å². The molecule has 2 fully saturated rings. The maximum atomic E-state index is 14.1. The second kappa shape index (κ2) is 9.23. The van der Waals surface area contributed by atoms with Gasteiger partial charge in [-0.3, -0.25) is 4.36 Å². The van der Waals surface area contributed by atoms with Crippen molar-refractivity contribution < 1.29 is 4.39 Å². The van der Waals surface area contributed by atoms with E-state index in [1.54, 1.807) is 0 Å². The van der Waals surface area contributed by atoms with Crippen LogP contribution in [0, 0.1) is 6.92 Å². The monoisotopic (exact) mass is 478 g/mol. The van der Waals surface area contributed by atoms with Crippen LogP contribution in [0.5, 0.6) is 0 Å². The Hall–Kier alpha value is -2.58. The summed E-state index contributed by atoms with van der Waals surface area (Å²) in [5.41, 5.74) is 3.39. The molecule has 1 unspecified atom stereocenters. The molecular weight excluding hydrogens is 447 g/mol. The number of rotatable bonds is 4. The molecule has 2 aromatic carbocycles. The molecule has 178 valence electrons. The van der Waals surface area contributed by atoms with E-state index >= 15 is 0 Å². The molecule has 2 aliphatic heterocycles. The van der Waals surface area contributed by atoms with Crippen LogP contribution in [0.1, 0.15) is 30.4 Å². The van der Waals surface area contributed by atoms with E-state index in [1.165, 1.54) is 23.3 Å². The molecule has 6 rings (SSSR count). The van der Waals surface area contributed by atoms with E-state index in [-0.39, 0.29) is 16.7 Å². The first kappa shape index (κ1) is 21.9. The summed E-state index contributed by atoms with van der Waals surface area (Å²) in [4.78, 5) is 13.7. The van der Waals surface area contributed by atoms with Crippen LogP contribution in [0.25, 0.3) is 10.9 Å². The molecule has 1 aliphatic carbocycles. The fourth-order valence-electron chi connectivity index (χ4n) is 4.77. The van der Waals surface area contributed by atoms with Gasteiger partial charge in [0.25, 0.3) is 0 Å². The van der Waals surface area contributed by atoms with E-state index in [9.17, 15) is 4.39 Å². The number of halogens is 1. The Morgan fingerprint density at radius 1 is 1.15 bits per heavy atom. The molecule has 0 bridgehead atoms. The van der Waals surface area contributed by atoms with Crippen molar-refractivity contribution in [1.82, 2.24) is 15.3 Å². The van der Waals surface area contributed by atoms with E-state index in [0.29, 0.717) is 19.0 Å². The summed E-state index contributed by atoms with van der Waals surface area (Å²) >= 11 is 0. The number of hydrogen-bond donors (Lipinski definition) is 2. The minimum atomic E-state index is -0.837. The largest absolute Gasteiger partial charge is 0.365 e. The van der Waals surface area contributed by atoms with Gasteiger partial charge in [-0.2, -0.15) is 4.98 Å². The molecule has 1 saturated heterocycles. The van der Waals surface area contributed by atoms with Gasteiger partial charge >= 0.3 is 0 Å². The summed E-state index contributed by atoms with van der Waals surface area (Å²) < 4.78 is 19.2. The SMILES string of the molecule is Cc1ccc2nc(N3CCS(=NC4CC4)c4ccccc4C3)nc(N[C@@H]3CNC[C@@H](F)C3)c2c1. The summed E-state index contributed by atoms with van der Waals surface area (Å²) in [6.45, 7) is 4.87. The fourth-order valence-corrected chi connectivity index (χ4v) is 6.84. The highest BCUT2D eigenvalue weighted by atomic mass is 32.2. The van der Waals surface area contributed by atoms with Crippen LogP contribution < -0.4 is 15.5 Å². The first-order valence-corrected chi connectivity index (χ1v) is 13.6. The number of alkyl halides is 1. The third-order valence-electron chi connectivity index (χ3n) is 6.73. The molecule has 6 nitrogen and oxygen atoms in total. The molecule has 3 heterocycles. The maximum absolute atomic E-state index is 14.1. The predicted molar refractivity (Wildman–Crippen MR) is 138 cm³/mol. The van der Waals surface area contributed by atoms with Crippen LogP contribution in [-0.2, 0) is 17.2 Å². The molecule has 3 aliphatic rings. The number of piperidine rings is 1. The van der Waals surface area contributed by atoms with Crippen molar-refractivity contribution in [2.45, 2.75) is 55.9 Å². The first-order chi connectivity index (χ1) is 16.6. The van der Waals surface area contributed by atoms with Gasteiger partial charge < -0.3 is 15.5 Å². The lowest BCUT2D eigenvalue weighted by Gasteiger charge is -2.28. The van der Waals surface area contributed by atoms with Gasteiger partial charge in [-0.1, -0.05) is 40.5 Å². The lowest BCUT2D eigenvalue weighted by molar-refractivity contribution is 0.255. The zero-order chi connectivity index (χ0) is 23.1. The molecule has 2 N–H and O–H groups in total. The molecule has 1 aromatic heterocycles. The first-order valence-electron chi connectivity index (χ1n) is 12.3. The molecular formula is C26H31FN6S. The van der Waals surface area contributed by atoms with E-state index in [2.05, 4.69) is 64.9 Å². The zero-order valence-corrected chi connectivity index (χ0v) is 20.3. The highest BCUT2D eigenvalue weighted by Crippen LogP contribution is 2.31. The van der Waals surface area contributed by atoms with E-state index in [4.69, 9.17) is 14.3 Å². The average Bonchev–Trinajstić information content (AvgIpc) is 3.67. The van der Waals surface area contributed by atoms with Gasteiger partial charge in [0.1, 0.15) is 12.0 Å². The van der Waals surface area contributed by atoms with Crippen molar-refractivity contribution in [2.75, 3.05) is 35.6 Å². The number of aromatic nitrogens is 2.